The Balaban J connectivity index is 1.30. The van der Waals surface area contributed by atoms with Gasteiger partial charge in [-0.15, -0.1) is 0 Å². The molecule has 156 valence electrons. The minimum absolute atomic E-state index is 0.470. The fraction of sp³-hybridized carbons (Fsp3) is 0.591. The summed E-state index contributed by atoms with van der Waals surface area (Å²) in [6.07, 6.45) is 11.0. The molecule has 1 aromatic carbocycles. The lowest BCUT2D eigenvalue weighted by Crippen LogP contribution is -2.53. The Bertz CT molecular complexity index is 780. The van der Waals surface area contributed by atoms with E-state index in [1.165, 1.54) is 63.4 Å². The zero-order valence-electron chi connectivity index (χ0n) is 17.4. The number of benzene rings is 1. The number of nitrogens with one attached hydrogen (secondary N) is 3. The lowest BCUT2D eigenvalue weighted by Gasteiger charge is -2.40. The van der Waals surface area contributed by atoms with E-state index in [2.05, 4.69) is 47.8 Å². The Kier molecular flexibility index (Phi) is 6.77. The number of aromatic amines is 1. The molecule has 7 nitrogen and oxygen atoms in total. The molecular formula is C22H33N7. The zero-order valence-corrected chi connectivity index (χ0v) is 17.4. The first-order valence-corrected chi connectivity index (χ1v) is 11.0. The van der Waals surface area contributed by atoms with E-state index in [4.69, 9.17) is 0 Å². The van der Waals surface area contributed by atoms with Crippen LogP contribution in [0.25, 0.3) is 11.4 Å². The first-order valence-electron chi connectivity index (χ1n) is 11.0. The van der Waals surface area contributed by atoms with Crippen LogP contribution in [0.1, 0.15) is 50.5 Å². The molecule has 1 unspecified atom stereocenters. The largest absolute Gasteiger partial charge is 0.352 e. The number of likely N-dealkylation sites (tertiary alicyclic amines) is 1. The van der Waals surface area contributed by atoms with Gasteiger partial charge >= 0.3 is 0 Å². The molecule has 7 heteroatoms. The molecule has 29 heavy (non-hydrogen) atoms. The Hall–Kier alpha value is -2.41. The van der Waals surface area contributed by atoms with Gasteiger partial charge in [-0.2, -0.15) is 5.10 Å². The third-order valence-electron chi connectivity index (χ3n) is 6.18. The van der Waals surface area contributed by atoms with E-state index in [1.54, 1.807) is 0 Å². The van der Waals surface area contributed by atoms with Crippen LogP contribution in [-0.4, -0.2) is 58.3 Å². The Morgan fingerprint density at radius 3 is 2.90 bits per heavy atom. The number of H-pyrrole nitrogens is 1. The fourth-order valence-electron chi connectivity index (χ4n) is 4.65. The Morgan fingerprint density at radius 2 is 2.10 bits per heavy atom. The molecule has 2 aliphatic rings. The second-order valence-corrected chi connectivity index (χ2v) is 8.23. The maximum Gasteiger partial charge on any atom is 0.191 e. The van der Waals surface area contributed by atoms with Crippen LogP contribution in [0.2, 0.25) is 0 Å². The average molecular weight is 396 g/mol. The molecule has 1 saturated carbocycles. The maximum atomic E-state index is 4.45. The van der Waals surface area contributed by atoms with Crippen molar-refractivity contribution < 1.29 is 0 Å². The summed E-state index contributed by atoms with van der Waals surface area (Å²) < 4.78 is 0. The van der Waals surface area contributed by atoms with Crippen molar-refractivity contribution in [2.75, 3.05) is 20.1 Å². The van der Waals surface area contributed by atoms with Gasteiger partial charge < -0.3 is 10.6 Å². The van der Waals surface area contributed by atoms with Gasteiger partial charge in [-0.1, -0.05) is 37.5 Å². The third kappa shape index (κ3) is 5.35. The molecule has 1 atom stereocenters. The van der Waals surface area contributed by atoms with Crippen molar-refractivity contribution in [3.05, 3.63) is 36.2 Å². The molecule has 0 spiro atoms. The second kappa shape index (κ2) is 9.87. The lowest BCUT2D eigenvalue weighted by atomic mass is 9.92. The maximum absolute atomic E-state index is 4.45. The molecule has 0 amide bonds. The quantitative estimate of drug-likeness (QED) is 0.536. The topological polar surface area (TPSA) is 81.2 Å². The van der Waals surface area contributed by atoms with Crippen LogP contribution in [0.3, 0.4) is 0 Å². The number of nitrogens with zero attached hydrogens (tertiary/aromatic N) is 4. The van der Waals surface area contributed by atoms with E-state index in [0.717, 1.165) is 36.5 Å². The van der Waals surface area contributed by atoms with Gasteiger partial charge in [-0.25, -0.2) is 4.98 Å². The SMILES string of the molecule is CN=C(NCc1cccc(-c2ncn[nH]2)c1)NC1CCCN(C2CCCCC2)C1. The van der Waals surface area contributed by atoms with E-state index < -0.39 is 0 Å². The minimum Gasteiger partial charge on any atom is -0.352 e. The van der Waals surface area contributed by atoms with Gasteiger partial charge in [-0.05, 0) is 43.9 Å². The number of rotatable bonds is 5. The van der Waals surface area contributed by atoms with Crippen LogP contribution in [0.5, 0.6) is 0 Å². The number of aromatic nitrogens is 3. The molecule has 1 aromatic heterocycles. The predicted molar refractivity (Wildman–Crippen MR) is 117 cm³/mol. The van der Waals surface area contributed by atoms with Crippen LogP contribution in [0.15, 0.2) is 35.6 Å². The summed E-state index contributed by atoms with van der Waals surface area (Å²) >= 11 is 0. The molecular weight excluding hydrogens is 362 g/mol. The van der Waals surface area contributed by atoms with Crippen molar-refractivity contribution in [3.8, 4) is 11.4 Å². The monoisotopic (exact) mass is 395 g/mol. The summed E-state index contributed by atoms with van der Waals surface area (Å²) in [7, 11) is 1.85. The summed E-state index contributed by atoms with van der Waals surface area (Å²) in [5, 5.41) is 14.0. The molecule has 2 heterocycles. The third-order valence-corrected chi connectivity index (χ3v) is 6.18. The van der Waals surface area contributed by atoms with E-state index >= 15 is 0 Å². The highest BCUT2D eigenvalue weighted by Gasteiger charge is 2.27. The Morgan fingerprint density at radius 1 is 1.21 bits per heavy atom. The summed E-state index contributed by atoms with van der Waals surface area (Å²) in [4.78, 5) is 11.4. The summed E-state index contributed by atoms with van der Waals surface area (Å²) in [6.45, 7) is 3.11. The van der Waals surface area contributed by atoms with Gasteiger partial charge in [0.05, 0.1) is 0 Å². The molecule has 1 aliphatic carbocycles. The fourth-order valence-corrected chi connectivity index (χ4v) is 4.65. The van der Waals surface area contributed by atoms with E-state index in [0.29, 0.717) is 6.04 Å². The van der Waals surface area contributed by atoms with E-state index in [9.17, 15) is 0 Å². The number of piperidine rings is 1. The molecule has 4 rings (SSSR count). The lowest BCUT2D eigenvalue weighted by molar-refractivity contribution is 0.115. The van der Waals surface area contributed by atoms with Gasteiger partial charge in [0.2, 0.25) is 0 Å². The van der Waals surface area contributed by atoms with Crippen LogP contribution in [0, 0.1) is 0 Å². The first kappa shape index (κ1) is 19.9. The highest BCUT2D eigenvalue weighted by molar-refractivity contribution is 5.80. The van der Waals surface area contributed by atoms with Gasteiger partial charge in [0.25, 0.3) is 0 Å². The van der Waals surface area contributed by atoms with Crippen molar-refractivity contribution in [2.24, 2.45) is 4.99 Å². The number of hydrogen-bond acceptors (Lipinski definition) is 4. The number of guanidine groups is 1. The van der Waals surface area contributed by atoms with Gasteiger partial charge in [-0.3, -0.25) is 15.0 Å². The van der Waals surface area contributed by atoms with Gasteiger partial charge in [0, 0.05) is 37.8 Å². The smallest absolute Gasteiger partial charge is 0.191 e. The van der Waals surface area contributed by atoms with E-state index in [1.807, 2.05) is 19.2 Å². The van der Waals surface area contributed by atoms with Crippen molar-refractivity contribution in [3.63, 3.8) is 0 Å². The molecule has 1 aliphatic heterocycles. The van der Waals surface area contributed by atoms with Crippen LogP contribution < -0.4 is 10.6 Å². The zero-order chi connectivity index (χ0) is 19.9. The second-order valence-electron chi connectivity index (χ2n) is 8.23. The van der Waals surface area contributed by atoms with Crippen molar-refractivity contribution in [1.82, 2.24) is 30.7 Å². The summed E-state index contributed by atoms with van der Waals surface area (Å²) in [6, 6.07) is 9.60. The highest BCUT2D eigenvalue weighted by atomic mass is 15.2. The minimum atomic E-state index is 0.470. The van der Waals surface area contributed by atoms with Crippen molar-refractivity contribution >= 4 is 5.96 Å². The highest BCUT2D eigenvalue weighted by Crippen LogP contribution is 2.25. The molecule has 2 fully saturated rings. The van der Waals surface area contributed by atoms with Crippen LogP contribution in [0.4, 0.5) is 0 Å². The van der Waals surface area contributed by atoms with Crippen molar-refractivity contribution in [1.29, 1.82) is 0 Å². The van der Waals surface area contributed by atoms with Crippen LogP contribution >= 0.6 is 0 Å². The molecule has 3 N–H and O–H groups in total. The van der Waals surface area contributed by atoms with E-state index in [-0.39, 0.29) is 0 Å². The molecule has 2 aromatic rings. The number of hydrogen-bond donors (Lipinski definition) is 3. The molecule has 0 radical (unpaired) electrons. The molecule has 1 saturated heterocycles. The Labute approximate surface area is 173 Å². The number of aliphatic imine (C=N–C) groups is 1. The average Bonchev–Trinajstić information content (AvgIpc) is 3.33. The summed E-state index contributed by atoms with van der Waals surface area (Å²) in [5.41, 5.74) is 2.23. The standard InChI is InChI=1S/C22H33N7/c1-23-22(24-14-17-7-5-8-18(13-17)21-25-16-26-28-21)27-19-9-6-12-29(15-19)20-10-3-2-4-11-20/h5,7-8,13,16,19-20H,2-4,6,9-12,14-15H2,1H3,(H2,23,24,27)(H,25,26,28). The predicted octanol–water partition coefficient (Wildman–Crippen LogP) is 2.93. The van der Waals surface area contributed by atoms with Crippen molar-refractivity contribution in [2.45, 2.75) is 63.6 Å². The van der Waals surface area contributed by atoms with Gasteiger partial charge in [0.1, 0.15) is 6.33 Å². The first-order chi connectivity index (χ1) is 14.3. The summed E-state index contributed by atoms with van der Waals surface area (Å²) in [5.74, 6) is 1.67. The normalized spacial score (nSPS) is 21.8. The van der Waals surface area contributed by atoms with Crippen LogP contribution in [-0.2, 0) is 6.54 Å². The molecule has 0 bridgehead atoms. The van der Waals surface area contributed by atoms with Gasteiger partial charge in [0.15, 0.2) is 11.8 Å².